The van der Waals surface area contributed by atoms with Crippen molar-refractivity contribution in [1.29, 1.82) is 0 Å². The van der Waals surface area contributed by atoms with Crippen LogP contribution in [-0.2, 0) is 9.16 Å². The Kier molecular flexibility index (Phi) is 5.06. The van der Waals surface area contributed by atoms with Crippen molar-refractivity contribution in [2.75, 3.05) is 11.9 Å². The summed E-state index contributed by atoms with van der Waals surface area (Å²) in [4.78, 5) is 1.86. The zero-order valence-corrected chi connectivity index (χ0v) is 14.5. The summed E-state index contributed by atoms with van der Waals surface area (Å²) >= 11 is 0. The van der Waals surface area contributed by atoms with Gasteiger partial charge in [-0.3, -0.25) is 0 Å². The second kappa shape index (κ2) is 6.46. The minimum atomic E-state index is -1.80. The van der Waals surface area contributed by atoms with Crippen LogP contribution < -0.4 is 4.90 Å². The molecule has 0 aliphatic carbocycles. The van der Waals surface area contributed by atoms with Gasteiger partial charge in [-0.05, 0) is 38.2 Å². The summed E-state index contributed by atoms with van der Waals surface area (Å²) in [6.07, 6.45) is -1.60. The normalized spacial score (nSPS) is 29.6. The molecule has 118 valence electrons. The molecule has 0 aromatic heterocycles. The van der Waals surface area contributed by atoms with Gasteiger partial charge in [0.2, 0.25) is 0 Å². The minimum Gasteiger partial charge on any atom is -0.409 e. The number of ether oxygens (including phenoxy) is 1. The third-order valence-corrected chi connectivity index (χ3v) is 4.68. The van der Waals surface area contributed by atoms with Crippen molar-refractivity contribution in [1.82, 2.24) is 0 Å². The predicted molar refractivity (Wildman–Crippen MR) is 86.9 cm³/mol. The first-order chi connectivity index (χ1) is 9.83. The maximum Gasteiger partial charge on any atom is 0.184 e. The first kappa shape index (κ1) is 16.5. The second-order valence-electron chi connectivity index (χ2n) is 6.56. The van der Waals surface area contributed by atoms with E-state index >= 15 is 0 Å². The van der Waals surface area contributed by atoms with Crippen molar-refractivity contribution in [3.8, 4) is 0 Å². The van der Waals surface area contributed by atoms with Crippen LogP contribution in [0.5, 0.6) is 0 Å². The smallest absolute Gasteiger partial charge is 0.184 e. The van der Waals surface area contributed by atoms with Gasteiger partial charge in [0.05, 0.1) is 6.10 Å². The highest BCUT2D eigenvalue weighted by atomic mass is 28.4. The molecular weight excluding hydrogens is 285 g/mol. The number of hydrogen-bond donors (Lipinski definition) is 0. The quantitative estimate of drug-likeness (QED) is 0.772. The van der Waals surface area contributed by atoms with Gasteiger partial charge in [-0.2, -0.15) is 0 Å². The lowest BCUT2D eigenvalue weighted by atomic mass is 10.1. The summed E-state index contributed by atoms with van der Waals surface area (Å²) in [5, 5.41) is 0. The van der Waals surface area contributed by atoms with Crippen molar-refractivity contribution in [2.45, 2.75) is 57.6 Å². The monoisotopic (exact) mass is 311 g/mol. The highest BCUT2D eigenvalue weighted by Gasteiger charge is 2.48. The molecule has 1 aliphatic heterocycles. The van der Waals surface area contributed by atoms with Gasteiger partial charge in [0.1, 0.15) is 6.10 Å². The van der Waals surface area contributed by atoms with E-state index in [0.717, 1.165) is 12.1 Å². The predicted octanol–water partition coefficient (Wildman–Crippen LogP) is 3.82. The third kappa shape index (κ3) is 3.84. The molecule has 3 nitrogen and oxygen atoms in total. The van der Waals surface area contributed by atoms with E-state index in [2.05, 4.69) is 19.6 Å². The van der Waals surface area contributed by atoms with Gasteiger partial charge in [-0.1, -0.05) is 25.1 Å². The van der Waals surface area contributed by atoms with Crippen LogP contribution in [0.3, 0.4) is 0 Å². The second-order valence-corrected chi connectivity index (χ2v) is 11.0. The van der Waals surface area contributed by atoms with Crippen LogP contribution in [0.2, 0.25) is 19.6 Å². The SMILES string of the molecule is CC[C@H]1O[C@@H](N(C)c2ccccc2)[C@@H](F)C1O[Si](C)(C)C. The molecule has 5 heteroatoms. The van der Waals surface area contributed by atoms with E-state index in [1.165, 1.54) is 0 Å². The summed E-state index contributed by atoms with van der Waals surface area (Å²) in [6.45, 7) is 8.27. The summed E-state index contributed by atoms with van der Waals surface area (Å²) in [5.74, 6) is 0. The molecule has 1 heterocycles. The van der Waals surface area contributed by atoms with Gasteiger partial charge in [0.15, 0.2) is 20.7 Å². The van der Waals surface area contributed by atoms with Gasteiger partial charge >= 0.3 is 0 Å². The van der Waals surface area contributed by atoms with Crippen molar-refractivity contribution < 1.29 is 13.6 Å². The van der Waals surface area contributed by atoms with E-state index < -0.39 is 26.8 Å². The molecule has 0 saturated carbocycles. The molecule has 1 saturated heterocycles. The maximum absolute atomic E-state index is 14.9. The first-order valence-electron chi connectivity index (χ1n) is 7.58. The Hall–Kier alpha value is -0.913. The molecule has 1 aromatic carbocycles. The number of para-hydroxylation sites is 1. The van der Waals surface area contributed by atoms with Crippen LogP contribution in [0.15, 0.2) is 30.3 Å². The van der Waals surface area contributed by atoms with Crippen LogP contribution in [-0.4, -0.2) is 40.0 Å². The molecule has 0 amide bonds. The average molecular weight is 311 g/mol. The number of rotatable bonds is 5. The van der Waals surface area contributed by atoms with Gasteiger partial charge in [0.25, 0.3) is 0 Å². The standard InChI is InChI=1S/C16H26FNO2Si/c1-6-13-15(20-21(3,4)5)14(17)16(19-13)18(2)12-10-8-7-9-11-12/h7-11,13-16H,6H2,1-5H3/t13-,14+,15?,16-/m1/s1. The fourth-order valence-corrected chi connectivity index (χ4v) is 3.79. The van der Waals surface area contributed by atoms with Crippen LogP contribution >= 0.6 is 0 Å². The Bertz CT molecular complexity index is 451. The van der Waals surface area contributed by atoms with Crippen molar-refractivity contribution >= 4 is 14.0 Å². The van der Waals surface area contributed by atoms with Gasteiger partial charge < -0.3 is 14.1 Å². The zero-order chi connectivity index (χ0) is 15.6. The summed E-state index contributed by atoms with van der Waals surface area (Å²) < 4.78 is 26.9. The van der Waals surface area contributed by atoms with E-state index in [4.69, 9.17) is 9.16 Å². The first-order valence-corrected chi connectivity index (χ1v) is 11.0. The molecule has 21 heavy (non-hydrogen) atoms. The molecule has 1 fully saturated rings. The number of hydrogen-bond acceptors (Lipinski definition) is 3. The molecule has 1 aromatic rings. The van der Waals surface area contributed by atoms with Crippen molar-refractivity contribution in [3.05, 3.63) is 30.3 Å². The molecule has 4 atom stereocenters. The third-order valence-electron chi connectivity index (χ3n) is 3.70. The molecule has 0 radical (unpaired) electrons. The summed E-state index contributed by atoms with van der Waals surface area (Å²) in [7, 11) is 0.0669. The number of halogens is 1. The van der Waals surface area contributed by atoms with Gasteiger partial charge in [-0.25, -0.2) is 4.39 Å². The van der Waals surface area contributed by atoms with E-state index in [1.807, 2.05) is 49.2 Å². The van der Waals surface area contributed by atoms with Crippen LogP contribution in [0, 0.1) is 0 Å². The maximum atomic E-state index is 14.9. The van der Waals surface area contributed by atoms with E-state index in [-0.39, 0.29) is 6.10 Å². The van der Waals surface area contributed by atoms with Crippen molar-refractivity contribution in [2.24, 2.45) is 0 Å². The Labute approximate surface area is 128 Å². The molecule has 1 aliphatic rings. The number of alkyl halides is 1. The Balaban J connectivity index is 2.15. The lowest BCUT2D eigenvalue weighted by Gasteiger charge is -2.29. The highest BCUT2D eigenvalue weighted by molar-refractivity contribution is 6.69. The number of benzene rings is 1. The van der Waals surface area contributed by atoms with Gasteiger partial charge in [-0.15, -0.1) is 0 Å². The van der Waals surface area contributed by atoms with E-state index in [0.29, 0.717) is 0 Å². The fraction of sp³-hybridized carbons (Fsp3) is 0.625. The van der Waals surface area contributed by atoms with E-state index in [9.17, 15) is 4.39 Å². The van der Waals surface area contributed by atoms with Crippen LogP contribution in [0.1, 0.15) is 13.3 Å². The zero-order valence-electron chi connectivity index (χ0n) is 13.5. The Morgan fingerprint density at radius 1 is 1.24 bits per heavy atom. The average Bonchev–Trinajstić information content (AvgIpc) is 2.74. The molecule has 0 N–H and O–H groups in total. The van der Waals surface area contributed by atoms with Crippen LogP contribution in [0.25, 0.3) is 0 Å². The highest BCUT2D eigenvalue weighted by Crippen LogP contribution is 2.33. The lowest BCUT2D eigenvalue weighted by molar-refractivity contribution is 0.0128. The number of anilines is 1. The van der Waals surface area contributed by atoms with Gasteiger partial charge in [0, 0.05) is 12.7 Å². The molecule has 2 rings (SSSR count). The molecule has 0 spiro atoms. The Morgan fingerprint density at radius 2 is 1.86 bits per heavy atom. The largest absolute Gasteiger partial charge is 0.409 e. The van der Waals surface area contributed by atoms with E-state index in [1.54, 1.807) is 0 Å². The summed E-state index contributed by atoms with van der Waals surface area (Å²) in [6, 6.07) is 9.77. The fourth-order valence-electron chi connectivity index (χ4n) is 2.69. The minimum absolute atomic E-state index is 0.178. The molecule has 0 bridgehead atoms. The van der Waals surface area contributed by atoms with Crippen molar-refractivity contribution in [3.63, 3.8) is 0 Å². The topological polar surface area (TPSA) is 21.7 Å². The lowest BCUT2D eigenvalue weighted by Crippen LogP contribution is -2.44. The number of nitrogens with zero attached hydrogens (tertiary/aromatic N) is 1. The summed E-state index contributed by atoms with van der Waals surface area (Å²) in [5.41, 5.74) is 0.952. The molecular formula is C16H26FNO2Si. The Morgan fingerprint density at radius 3 is 2.38 bits per heavy atom. The molecule has 1 unspecified atom stereocenters. The van der Waals surface area contributed by atoms with Crippen LogP contribution in [0.4, 0.5) is 10.1 Å².